The van der Waals surface area contributed by atoms with Crippen molar-refractivity contribution < 1.29 is 8.78 Å². The molecule has 0 spiro atoms. The Bertz CT molecular complexity index is 439. The maximum atomic E-state index is 13.9. The van der Waals surface area contributed by atoms with E-state index in [0.29, 0.717) is 12.0 Å². The van der Waals surface area contributed by atoms with E-state index in [1.165, 1.54) is 43.9 Å². The molecule has 1 nitrogen and oxygen atoms in total. The summed E-state index contributed by atoms with van der Waals surface area (Å²) in [6.07, 6.45) is 6.56. The van der Waals surface area contributed by atoms with Gasteiger partial charge in [0.15, 0.2) is 0 Å². The molecular formula is C17H25F2N. The van der Waals surface area contributed by atoms with E-state index < -0.39 is 0 Å². The zero-order valence-electron chi connectivity index (χ0n) is 12.5. The van der Waals surface area contributed by atoms with Crippen LogP contribution in [-0.2, 0) is 6.42 Å². The number of hydrogen-bond acceptors (Lipinski definition) is 1. The highest BCUT2D eigenvalue weighted by Crippen LogP contribution is 2.44. The maximum Gasteiger partial charge on any atom is 0.126 e. The van der Waals surface area contributed by atoms with Gasteiger partial charge in [-0.3, -0.25) is 0 Å². The second kappa shape index (κ2) is 6.66. The zero-order chi connectivity index (χ0) is 14.6. The fraction of sp³-hybridized carbons (Fsp3) is 0.647. The quantitative estimate of drug-likeness (QED) is 0.812. The van der Waals surface area contributed by atoms with Crippen LogP contribution in [0.25, 0.3) is 0 Å². The second-order valence-corrected chi connectivity index (χ2v) is 5.97. The first kappa shape index (κ1) is 15.4. The minimum atomic E-state index is -0.353. The second-order valence-electron chi connectivity index (χ2n) is 5.97. The number of rotatable bonds is 6. The van der Waals surface area contributed by atoms with E-state index in [1.54, 1.807) is 0 Å². The van der Waals surface area contributed by atoms with Crippen LogP contribution in [-0.4, -0.2) is 12.6 Å². The molecule has 1 aromatic rings. The number of benzene rings is 1. The molecule has 0 bridgehead atoms. The average molecular weight is 281 g/mol. The Morgan fingerprint density at radius 1 is 1.20 bits per heavy atom. The van der Waals surface area contributed by atoms with Gasteiger partial charge >= 0.3 is 0 Å². The Labute approximate surface area is 120 Å². The molecule has 1 fully saturated rings. The van der Waals surface area contributed by atoms with Gasteiger partial charge in [-0.15, -0.1) is 0 Å². The topological polar surface area (TPSA) is 12.0 Å². The maximum absolute atomic E-state index is 13.9. The first-order valence-electron chi connectivity index (χ1n) is 7.78. The van der Waals surface area contributed by atoms with Crippen molar-refractivity contribution in [3.05, 3.63) is 35.4 Å². The smallest absolute Gasteiger partial charge is 0.126 e. The number of halogens is 2. The lowest BCUT2D eigenvalue weighted by molar-refractivity contribution is 0.185. The van der Waals surface area contributed by atoms with Crippen molar-refractivity contribution >= 4 is 0 Å². The minimum absolute atomic E-state index is 0.233. The molecule has 0 heterocycles. The van der Waals surface area contributed by atoms with Gasteiger partial charge in [-0.2, -0.15) is 0 Å². The van der Waals surface area contributed by atoms with E-state index in [2.05, 4.69) is 19.2 Å². The normalized spacial score (nSPS) is 19.2. The SMILES string of the molecule is CCNC(Cc1cc(F)ccc1F)C1(CC)CCCC1. The highest BCUT2D eigenvalue weighted by Gasteiger charge is 2.39. The van der Waals surface area contributed by atoms with Gasteiger partial charge in [0.1, 0.15) is 11.6 Å². The van der Waals surface area contributed by atoms with E-state index in [4.69, 9.17) is 0 Å². The molecule has 0 aromatic heterocycles. The standard InChI is InChI=1S/C17H25F2N/c1-3-17(9-5-6-10-17)16(20-4-2)12-13-11-14(18)7-8-15(13)19/h7-8,11,16,20H,3-6,9-10,12H2,1-2H3. The van der Waals surface area contributed by atoms with E-state index in [-0.39, 0.29) is 23.1 Å². The first-order valence-corrected chi connectivity index (χ1v) is 7.78. The third kappa shape index (κ3) is 3.20. The molecule has 0 saturated heterocycles. The van der Waals surface area contributed by atoms with Crippen LogP contribution in [0.3, 0.4) is 0 Å². The summed E-state index contributed by atoms with van der Waals surface area (Å²) in [6, 6.07) is 4.00. The molecule has 1 atom stereocenters. The summed E-state index contributed by atoms with van der Waals surface area (Å²) in [7, 11) is 0. The van der Waals surface area contributed by atoms with Crippen LogP contribution >= 0.6 is 0 Å². The van der Waals surface area contributed by atoms with E-state index >= 15 is 0 Å². The van der Waals surface area contributed by atoms with Gasteiger partial charge in [0.2, 0.25) is 0 Å². The van der Waals surface area contributed by atoms with Gasteiger partial charge in [-0.1, -0.05) is 26.7 Å². The monoisotopic (exact) mass is 281 g/mol. The Balaban J connectivity index is 2.22. The lowest BCUT2D eigenvalue weighted by atomic mass is 9.74. The van der Waals surface area contributed by atoms with E-state index in [9.17, 15) is 8.78 Å². The van der Waals surface area contributed by atoms with Crippen LogP contribution in [0.15, 0.2) is 18.2 Å². The summed E-state index contributed by atoms with van der Waals surface area (Å²) in [5, 5.41) is 3.52. The van der Waals surface area contributed by atoms with Crippen LogP contribution in [0, 0.1) is 17.0 Å². The summed E-state index contributed by atoms with van der Waals surface area (Å²) >= 11 is 0. The molecule has 1 saturated carbocycles. The van der Waals surface area contributed by atoms with Gasteiger partial charge < -0.3 is 5.32 Å². The molecule has 2 rings (SSSR count). The van der Waals surface area contributed by atoms with Crippen LogP contribution in [0.1, 0.15) is 51.5 Å². The van der Waals surface area contributed by atoms with Crippen LogP contribution in [0.4, 0.5) is 8.78 Å². The molecule has 1 aliphatic carbocycles. The van der Waals surface area contributed by atoms with E-state index in [0.717, 1.165) is 13.0 Å². The van der Waals surface area contributed by atoms with Crippen molar-refractivity contribution in [1.29, 1.82) is 0 Å². The highest BCUT2D eigenvalue weighted by molar-refractivity contribution is 5.20. The minimum Gasteiger partial charge on any atom is -0.313 e. The molecule has 112 valence electrons. The van der Waals surface area contributed by atoms with Gasteiger partial charge in [0.25, 0.3) is 0 Å². The molecule has 3 heteroatoms. The van der Waals surface area contributed by atoms with Crippen molar-refractivity contribution in [2.24, 2.45) is 5.41 Å². The molecule has 0 aliphatic heterocycles. The molecule has 1 aromatic carbocycles. The third-order valence-electron chi connectivity index (χ3n) is 4.92. The van der Waals surface area contributed by atoms with Crippen LogP contribution in [0.2, 0.25) is 0 Å². The van der Waals surface area contributed by atoms with Crippen molar-refractivity contribution in [1.82, 2.24) is 5.32 Å². The predicted octanol–water partition coefficient (Wildman–Crippen LogP) is 4.46. The Hall–Kier alpha value is -0.960. The summed E-state index contributed by atoms with van der Waals surface area (Å²) in [5.41, 5.74) is 0.741. The molecule has 0 amide bonds. The van der Waals surface area contributed by atoms with Gasteiger partial charge in [-0.05, 0) is 61.4 Å². The van der Waals surface area contributed by atoms with Gasteiger partial charge in [0.05, 0.1) is 0 Å². The zero-order valence-corrected chi connectivity index (χ0v) is 12.5. The molecule has 1 unspecified atom stereocenters. The molecular weight excluding hydrogens is 256 g/mol. The van der Waals surface area contributed by atoms with Crippen LogP contribution < -0.4 is 5.32 Å². The Kier molecular flexibility index (Phi) is 5.14. The first-order chi connectivity index (χ1) is 9.61. The molecule has 1 N–H and O–H groups in total. The highest BCUT2D eigenvalue weighted by atomic mass is 19.1. The number of likely N-dealkylation sites (N-methyl/N-ethyl adjacent to an activating group) is 1. The van der Waals surface area contributed by atoms with E-state index in [1.807, 2.05) is 0 Å². The van der Waals surface area contributed by atoms with Gasteiger partial charge in [0, 0.05) is 6.04 Å². The molecule has 0 radical (unpaired) electrons. The van der Waals surface area contributed by atoms with Crippen LogP contribution in [0.5, 0.6) is 0 Å². The number of nitrogens with one attached hydrogen (secondary N) is 1. The third-order valence-corrected chi connectivity index (χ3v) is 4.92. The fourth-order valence-electron chi connectivity index (χ4n) is 3.70. The van der Waals surface area contributed by atoms with Crippen molar-refractivity contribution in [3.63, 3.8) is 0 Å². The Morgan fingerprint density at radius 2 is 1.90 bits per heavy atom. The summed E-state index contributed by atoms with van der Waals surface area (Å²) in [4.78, 5) is 0. The largest absolute Gasteiger partial charge is 0.313 e. The lowest BCUT2D eigenvalue weighted by Crippen LogP contribution is -2.45. The Morgan fingerprint density at radius 3 is 2.50 bits per heavy atom. The summed E-state index contributed by atoms with van der Waals surface area (Å²) in [6.45, 7) is 5.16. The lowest BCUT2D eigenvalue weighted by Gasteiger charge is -2.38. The molecule has 1 aliphatic rings. The fourth-order valence-corrected chi connectivity index (χ4v) is 3.70. The van der Waals surface area contributed by atoms with Gasteiger partial charge in [-0.25, -0.2) is 8.78 Å². The average Bonchev–Trinajstić information content (AvgIpc) is 2.92. The summed E-state index contributed by atoms with van der Waals surface area (Å²) in [5.74, 6) is -0.646. The number of hydrogen-bond donors (Lipinski definition) is 1. The summed E-state index contributed by atoms with van der Waals surface area (Å²) < 4.78 is 27.2. The van der Waals surface area contributed by atoms with Crippen molar-refractivity contribution in [3.8, 4) is 0 Å². The molecule has 20 heavy (non-hydrogen) atoms. The van der Waals surface area contributed by atoms with Crippen molar-refractivity contribution in [2.75, 3.05) is 6.54 Å². The predicted molar refractivity (Wildman–Crippen MR) is 78.7 cm³/mol. The van der Waals surface area contributed by atoms with Crippen molar-refractivity contribution in [2.45, 2.75) is 58.4 Å².